The van der Waals surface area contributed by atoms with Crippen molar-refractivity contribution < 1.29 is 18.7 Å². The Morgan fingerprint density at radius 1 is 1.33 bits per heavy atom. The Morgan fingerprint density at radius 3 is 2.83 bits per heavy atom. The van der Waals surface area contributed by atoms with E-state index in [9.17, 15) is 9.59 Å². The molecule has 0 spiro atoms. The van der Waals surface area contributed by atoms with Crippen molar-refractivity contribution in [1.29, 1.82) is 0 Å². The van der Waals surface area contributed by atoms with Crippen LogP contribution in [0.1, 0.15) is 23.4 Å². The van der Waals surface area contributed by atoms with Crippen LogP contribution in [0.5, 0.6) is 0 Å². The van der Waals surface area contributed by atoms with Crippen LogP contribution < -0.4 is 10.6 Å². The molecule has 0 aromatic carbocycles. The summed E-state index contributed by atoms with van der Waals surface area (Å²) in [6.45, 7) is 2.48. The van der Waals surface area contributed by atoms with Gasteiger partial charge in [0.15, 0.2) is 10.9 Å². The average Bonchev–Trinajstić information content (AvgIpc) is 3.27. The van der Waals surface area contributed by atoms with Crippen LogP contribution in [0.3, 0.4) is 0 Å². The summed E-state index contributed by atoms with van der Waals surface area (Å²) in [5, 5.41) is 9.47. The molecule has 2 rings (SSSR count). The van der Waals surface area contributed by atoms with Gasteiger partial charge in [0.05, 0.1) is 12.8 Å². The number of thiocarbonyl (C=S) groups is 1. The van der Waals surface area contributed by atoms with E-state index in [1.807, 2.05) is 0 Å². The van der Waals surface area contributed by atoms with Crippen molar-refractivity contribution in [1.82, 2.24) is 20.7 Å². The number of hydrogen-bond acceptors (Lipinski definition) is 5. The number of hydrazine groups is 1. The Morgan fingerprint density at radius 2 is 2.12 bits per heavy atom. The van der Waals surface area contributed by atoms with Crippen molar-refractivity contribution in [2.24, 2.45) is 0 Å². The SMILES string of the molecule is COCCCNC(=S)N1CCCN1C(=O)CNC(=O)c1ccco1. The smallest absolute Gasteiger partial charge is 0.287 e. The maximum absolute atomic E-state index is 12.3. The van der Waals surface area contributed by atoms with E-state index in [1.54, 1.807) is 29.3 Å². The van der Waals surface area contributed by atoms with Crippen molar-refractivity contribution in [3.05, 3.63) is 24.2 Å². The highest BCUT2D eigenvalue weighted by Crippen LogP contribution is 2.11. The maximum Gasteiger partial charge on any atom is 0.287 e. The lowest BCUT2D eigenvalue weighted by Gasteiger charge is -2.30. The van der Waals surface area contributed by atoms with Gasteiger partial charge in [-0.25, -0.2) is 0 Å². The summed E-state index contributed by atoms with van der Waals surface area (Å²) in [6.07, 6.45) is 3.07. The summed E-state index contributed by atoms with van der Waals surface area (Å²) >= 11 is 5.34. The lowest BCUT2D eigenvalue weighted by molar-refractivity contribution is -0.137. The van der Waals surface area contributed by atoms with E-state index in [2.05, 4.69) is 10.6 Å². The summed E-state index contributed by atoms with van der Waals surface area (Å²) in [5.74, 6) is -0.454. The van der Waals surface area contributed by atoms with E-state index in [0.717, 1.165) is 12.8 Å². The topological polar surface area (TPSA) is 87.0 Å². The maximum atomic E-state index is 12.3. The van der Waals surface area contributed by atoms with Gasteiger partial charge in [0.2, 0.25) is 0 Å². The molecule has 1 aliphatic heterocycles. The third kappa shape index (κ3) is 4.93. The van der Waals surface area contributed by atoms with Crippen LogP contribution in [-0.4, -0.2) is 66.8 Å². The minimum atomic E-state index is -0.417. The number of methoxy groups -OCH3 is 1. The number of nitrogens with one attached hydrogen (secondary N) is 2. The number of carbonyl (C=O) groups is 2. The fourth-order valence-corrected chi connectivity index (χ4v) is 2.62. The standard InChI is InChI=1S/C15H22N4O4S/c1-22-9-3-6-16-15(24)19-8-4-7-18(19)13(20)11-17-14(21)12-5-2-10-23-12/h2,5,10H,3-4,6-9,11H2,1H3,(H,16,24)(H,17,21). The van der Waals surface area contributed by atoms with Crippen LogP contribution in [0.2, 0.25) is 0 Å². The van der Waals surface area contributed by atoms with Gasteiger partial charge in [-0.3, -0.25) is 19.6 Å². The zero-order valence-corrected chi connectivity index (χ0v) is 14.4. The number of furan rings is 1. The first-order valence-corrected chi connectivity index (χ1v) is 8.20. The molecule has 2 N–H and O–H groups in total. The molecule has 132 valence electrons. The molecule has 0 aliphatic carbocycles. The molecule has 0 atom stereocenters. The van der Waals surface area contributed by atoms with Crippen molar-refractivity contribution in [2.75, 3.05) is 39.9 Å². The van der Waals surface area contributed by atoms with Gasteiger partial charge < -0.3 is 19.8 Å². The second-order valence-corrected chi connectivity index (χ2v) is 5.62. The predicted octanol–water partition coefficient (Wildman–Crippen LogP) is 0.370. The zero-order chi connectivity index (χ0) is 17.4. The molecular weight excluding hydrogens is 332 g/mol. The van der Waals surface area contributed by atoms with Crippen LogP contribution in [0.25, 0.3) is 0 Å². The minimum absolute atomic E-state index is 0.109. The van der Waals surface area contributed by atoms with Crippen LogP contribution in [0.15, 0.2) is 22.8 Å². The monoisotopic (exact) mass is 354 g/mol. The third-order valence-corrected chi connectivity index (χ3v) is 3.86. The summed E-state index contributed by atoms with van der Waals surface area (Å²) < 4.78 is 9.97. The second-order valence-electron chi connectivity index (χ2n) is 5.23. The van der Waals surface area contributed by atoms with Gasteiger partial charge in [-0.15, -0.1) is 0 Å². The number of rotatable bonds is 7. The van der Waals surface area contributed by atoms with E-state index in [4.69, 9.17) is 21.4 Å². The van der Waals surface area contributed by atoms with Crippen LogP contribution >= 0.6 is 12.2 Å². The molecule has 1 aromatic rings. The Balaban J connectivity index is 1.79. The fourth-order valence-electron chi connectivity index (χ4n) is 2.33. The molecule has 1 fully saturated rings. The summed E-state index contributed by atoms with van der Waals surface area (Å²) in [4.78, 5) is 24.1. The summed E-state index contributed by atoms with van der Waals surface area (Å²) in [5.41, 5.74) is 0. The van der Waals surface area contributed by atoms with Gasteiger partial charge in [0, 0.05) is 33.4 Å². The van der Waals surface area contributed by atoms with E-state index < -0.39 is 5.91 Å². The zero-order valence-electron chi connectivity index (χ0n) is 13.6. The fraction of sp³-hybridized carbons (Fsp3) is 0.533. The number of ether oxygens (including phenoxy) is 1. The van der Waals surface area contributed by atoms with E-state index >= 15 is 0 Å². The highest BCUT2D eigenvalue weighted by atomic mass is 32.1. The van der Waals surface area contributed by atoms with Crippen molar-refractivity contribution in [3.63, 3.8) is 0 Å². The molecule has 9 heteroatoms. The van der Waals surface area contributed by atoms with Crippen molar-refractivity contribution in [2.45, 2.75) is 12.8 Å². The number of carbonyl (C=O) groups excluding carboxylic acids is 2. The Hall–Kier alpha value is -2.13. The van der Waals surface area contributed by atoms with Gasteiger partial charge >= 0.3 is 0 Å². The average molecular weight is 354 g/mol. The lowest BCUT2D eigenvalue weighted by Crippen LogP contribution is -2.51. The molecule has 0 radical (unpaired) electrons. The van der Waals surface area contributed by atoms with Gasteiger partial charge in [-0.05, 0) is 37.2 Å². The third-order valence-electron chi connectivity index (χ3n) is 3.50. The number of amides is 2. The first-order chi connectivity index (χ1) is 11.6. The largest absolute Gasteiger partial charge is 0.459 e. The molecule has 1 aromatic heterocycles. The molecule has 24 heavy (non-hydrogen) atoms. The minimum Gasteiger partial charge on any atom is -0.459 e. The summed E-state index contributed by atoms with van der Waals surface area (Å²) in [6, 6.07) is 3.16. The van der Waals surface area contributed by atoms with Crippen LogP contribution in [0.4, 0.5) is 0 Å². The normalized spacial score (nSPS) is 13.9. The van der Waals surface area contributed by atoms with E-state index in [-0.39, 0.29) is 18.2 Å². The van der Waals surface area contributed by atoms with Crippen molar-refractivity contribution in [3.8, 4) is 0 Å². The van der Waals surface area contributed by atoms with Crippen molar-refractivity contribution >= 4 is 29.1 Å². The number of nitrogens with zero attached hydrogens (tertiary/aromatic N) is 2. The second kappa shape index (κ2) is 9.24. The Bertz CT molecular complexity index is 564. The highest BCUT2D eigenvalue weighted by Gasteiger charge is 2.28. The molecule has 0 unspecified atom stereocenters. The van der Waals surface area contributed by atoms with Crippen LogP contribution in [0, 0.1) is 0 Å². The number of hydrogen-bond donors (Lipinski definition) is 2. The summed E-state index contributed by atoms with van der Waals surface area (Å²) in [7, 11) is 1.65. The van der Waals surface area contributed by atoms with Gasteiger partial charge in [-0.1, -0.05) is 0 Å². The molecular formula is C15H22N4O4S. The van der Waals surface area contributed by atoms with Gasteiger partial charge in [0.1, 0.15) is 0 Å². The molecule has 0 saturated carbocycles. The van der Waals surface area contributed by atoms with E-state index in [1.165, 1.54) is 6.26 Å². The predicted molar refractivity (Wildman–Crippen MR) is 91.2 cm³/mol. The van der Waals surface area contributed by atoms with Gasteiger partial charge in [-0.2, -0.15) is 0 Å². The Labute approximate surface area is 146 Å². The molecule has 2 amide bonds. The highest BCUT2D eigenvalue weighted by molar-refractivity contribution is 7.80. The molecule has 2 heterocycles. The van der Waals surface area contributed by atoms with E-state index in [0.29, 0.717) is 31.4 Å². The molecule has 1 aliphatic rings. The van der Waals surface area contributed by atoms with Gasteiger partial charge in [0.25, 0.3) is 11.8 Å². The Kier molecular flexibility index (Phi) is 7.01. The quantitative estimate of drug-likeness (QED) is 0.540. The molecule has 1 saturated heterocycles. The lowest BCUT2D eigenvalue weighted by atomic mass is 10.4. The molecule has 8 nitrogen and oxygen atoms in total. The first kappa shape index (κ1) is 18.2. The molecule has 0 bridgehead atoms. The first-order valence-electron chi connectivity index (χ1n) is 7.79. The van der Waals surface area contributed by atoms with Crippen LogP contribution in [-0.2, 0) is 9.53 Å².